The van der Waals surface area contributed by atoms with E-state index >= 15 is 0 Å². The van der Waals surface area contributed by atoms with E-state index < -0.39 is 28.4 Å². The highest BCUT2D eigenvalue weighted by atomic mass is 32.2. The van der Waals surface area contributed by atoms with Gasteiger partial charge < -0.3 is 5.32 Å². The number of hydrogen-bond donors (Lipinski definition) is 2. The minimum absolute atomic E-state index is 0.272. The molecule has 0 heterocycles. The summed E-state index contributed by atoms with van der Waals surface area (Å²) in [5, 5.41) is 3.22. The minimum Gasteiger partial charge on any atom is -0.314 e. The van der Waals surface area contributed by atoms with E-state index in [9.17, 15) is 21.6 Å². The normalized spacial score (nSPS) is 17.1. The van der Waals surface area contributed by atoms with Crippen LogP contribution in [-0.4, -0.2) is 39.5 Å². The van der Waals surface area contributed by atoms with E-state index in [-0.39, 0.29) is 13.0 Å². The topological polar surface area (TPSA) is 58.2 Å². The second-order valence-corrected chi connectivity index (χ2v) is 6.44. The van der Waals surface area contributed by atoms with Crippen molar-refractivity contribution >= 4 is 10.0 Å². The first-order valence-electron chi connectivity index (χ1n) is 6.06. The van der Waals surface area contributed by atoms with Crippen LogP contribution in [0.5, 0.6) is 0 Å². The zero-order valence-corrected chi connectivity index (χ0v) is 10.9. The molecule has 8 heteroatoms. The Morgan fingerprint density at radius 3 is 2.33 bits per heavy atom. The zero-order chi connectivity index (χ0) is 13.6. The van der Waals surface area contributed by atoms with Gasteiger partial charge in [0.2, 0.25) is 10.0 Å². The summed E-state index contributed by atoms with van der Waals surface area (Å²) >= 11 is 0. The molecule has 0 spiro atoms. The van der Waals surface area contributed by atoms with Crippen molar-refractivity contribution < 1.29 is 21.6 Å². The Bertz CT molecular complexity index is 340. The monoisotopic (exact) mass is 288 g/mol. The smallest absolute Gasteiger partial charge is 0.314 e. The van der Waals surface area contributed by atoms with Crippen molar-refractivity contribution in [3.05, 3.63) is 0 Å². The number of sulfonamides is 1. The zero-order valence-electron chi connectivity index (χ0n) is 10.1. The fourth-order valence-corrected chi connectivity index (χ4v) is 2.57. The van der Waals surface area contributed by atoms with Crippen LogP contribution in [0.1, 0.15) is 32.1 Å². The summed E-state index contributed by atoms with van der Waals surface area (Å²) in [5.74, 6) is -0.470. The lowest BCUT2D eigenvalue weighted by Gasteiger charge is -2.08. The molecule has 1 rings (SSSR count). The molecule has 0 aromatic carbocycles. The van der Waals surface area contributed by atoms with Gasteiger partial charge in [0.1, 0.15) is 0 Å². The lowest BCUT2D eigenvalue weighted by molar-refractivity contribution is -0.134. The molecule has 1 fully saturated rings. The second-order valence-electron chi connectivity index (χ2n) is 4.51. The molecule has 0 aromatic heterocycles. The molecule has 2 N–H and O–H groups in total. The Morgan fingerprint density at radius 1 is 1.11 bits per heavy atom. The van der Waals surface area contributed by atoms with Crippen LogP contribution in [0.4, 0.5) is 13.2 Å². The van der Waals surface area contributed by atoms with Crippen LogP contribution in [0.15, 0.2) is 0 Å². The molecule has 1 aliphatic carbocycles. The summed E-state index contributed by atoms with van der Waals surface area (Å²) in [4.78, 5) is 0. The Balaban J connectivity index is 2.03. The predicted molar refractivity (Wildman–Crippen MR) is 62.7 cm³/mol. The van der Waals surface area contributed by atoms with Crippen molar-refractivity contribution in [2.45, 2.75) is 44.3 Å². The van der Waals surface area contributed by atoms with Crippen molar-refractivity contribution in [2.24, 2.45) is 0 Å². The first kappa shape index (κ1) is 15.7. The average molecular weight is 288 g/mol. The summed E-state index contributed by atoms with van der Waals surface area (Å²) in [7, 11) is -3.57. The number of hydrogen-bond acceptors (Lipinski definition) is 3. The van der Waals surface area contributed by atoms with Gasteiger partial charge >= 0.3 is 6.18 Å². The first-order chi connectivity index (χ1) is 8.29. The van der Waals surface area contributed by atoms with Crippen LogP contribution in [0.2, 0.25) is 0 Å². The van der Waals surface area contributed by atoms with Crippen LogP contribution in [0, 0.1) is 0 Å². The number of nitrogens with one attached hydrogen (secondary N) is 2. The molecule has 0 saturated heterocycles. The van der Waals surface area contributed by atoms with E-state index in [0.717, 1.165) is 6.54 Å². The molecular weight excluding hydrogens is 269 g/mol. The largest absolute Gasteiger partial charge is 0.389 e. The van der Waals surface area contributed by atoms with Crippen LogP contribution >= 0.6 is 0 Å². The van der Waals surface area contributed by atoms with E-state index in [2.05, 4.69) is 10.0 Å². The second kappa shape index (κ2) is 6.72. The first-order valence-corrected chi connectivity index (χ1v) is 7.71. The molecule has 1 aliphatic rings. The molecule has 0 unspecified atom stereocenters. The fourth-order valence-electron chi connectivity index (χ4n) is 1.44. The average Bonchev–Trinajstić information content (AvgIpc) is 2.98. The highest BCUT2D eigenvalue weighted by Gasteiger charge is 2.27. The van der Waals surface area contributed by atoms with Crippen LogP contribution in [-0.2, 0) is 10.0 Å². The summed E-state index contributed by atoms with van der Waals surface area (Å²) in [6.45, 7) is 1.00. The third-order valence-electron chi connectivity index (χ3n) is 2.56. The van der Waals surface area contributed by atoms with Gasteiger partial charge in [-0.2, -0.15) is 13.2 Å². The van der Waals surface area contributed by atoms with E-state index in [0.29, 0.717) is 12.5 Å². The van der Waals surface area contributed by atoms with Gasteiger partial charge in [0.15, 0.2) is 0 Å². The van der Waals surface area contributed by atoms with Crippen LogP contribution in [0.3, 0.4) is 0 Å². The van der Waals surface area contributed by atoms with Crippen molar-refractivity contribution in [3.8, 4) is 0 Å². The van der Waals surface area contributed by atoms with E-state index in [1.165, 1.54) is 12.8 Å². The molecule has 4 nitrogen and oxygen atoms in total. The minimum atomic E-state index is -4.29. The maximum absolute atomic E-state index is 11.8. The van der Waals surface area contributed by atoms with Gasteiger partial charge in [0.25, 0.3) is 0 Å². The third-order valence-corrected chi connectivity index (χ3v) is 4.03. The van der Waals surface area contributed by atoms with Gasteiger partial charge in [0, 0.05) is 19.0 Å². The third kappa shape index (κ3) is 8.71. The van der Waals surface area contributed by atoms with Gasteiger partial charge in [-0.05, 0) is 32.2 Å². The number of halogens is 3. The molecule has 0 aromatic rings. The van der Waals surface area contributed by atoms with Gasteiger partial charge in [-0.15, -0.1) is 0 Å². The fraction of sp³-hybridized carbons (Fsp3) is 1.00. The highest BCUT2D eigenvalue weighted by molar-refractivity contribution is 7.89. The van der Waals surface area contributed by atoms with E-state index in [4.69, 9.17) is 0 Å². The lowest BCUT2D eigenvalue weighted by Crippen LogP contribution is -2.30. The van der Waals surface area contributed by atoms with Crippen molar-refractivity contribution in [2.75, 3.05) is 18.8 Å². The maximum Gasteiger partial charge on any atom is 0.389 e. The van der Waals surface area contributed by atoms with Gasteiger partial charge in [0.05, 0.1) is 5.75 Å². The Labute approximate surface area is 105 Å². The van der Waals surface area contributed by atoms with Gasteiger partial charge in [-0.25, -0.2) is 13.1 Å². The van der Waals surface area contributed by atoms with Gasteiger partial charge in [-0.1, -0.05) is 0 Å². The molecule has 108 valence electrons. The van der Waals surface area contributed by atoms with Crippen LogP contribution < -0.4 is 10.0 Å². The van der Waals surface area contributed by atoms with Crippen molar-refractivity contribution in [1.29, 1.82) is 0 Å². The Kier molecular flexibility index (Phi) is 5.87. The van der Waals surface area contributed by atoms with Gasteiger partial charge in [-0.3, -0.25) is 0 Å². The molecule has 0 amide bonds. The van der Waals surface area contributed by atoms with E-state index in [1.807, 2.05) is 0 Å². The summed E-state index contributed by atoms with van der Waals surface area (Å²) in [6.07, 6.45) is -2.75. The van der Waals surface area contributed by atoms with E-state index in [1.54, 1.807) is 0 Å². The molecule has 0 atom stereocenters. The highest BCUT2D eigenvalue weighted by Crippen LogP contribution is 2.21. The molecular formula is C10H19F3N2O2S. The van der Waals surface area contributed by atoms with Crippen molar-refractivity contribution in [3.63, 3.8) is 0 Å². The van der Waals surface area contributed by atoms with Crippen LogP contribution in [0.25, 0.3) is 0 Å². The summed E-state index contributed by atoms with van der Waals surface area (Å²) in [5.41, 5.74) is 0. The number of rotatable bonds is 9. The quantitative estimate of drug-likeness (QED) is 0.630. The van der Waals surface area contributed by atoms with Crippen molar-refractivity contribution in [1.82, 2.24) is 10.0 Å². The number of alkyl halides is 3. The molecule has 0 bridgehead atoms. The predicted octanol–water partition coefficient (Wildman–Crippen LogP) is 1.39. The molecule has 18 heavy (non-hydrogen) atoms. The molecule has 0 radical (unpaired) electrons. The standard InChI is InChI=1S/C10H19F3N2O2S/c11-10(12,13)5-1-8-18(16,17)15-7-2-6-14-9-3-4-9/h9,14-15H,1-8H2. The lowest BCUT2D eigenvalue weighted by atomic mass is 10.3. The maximum atomic E-state index is 11.8. The SMILES string of the molecule is O=S(=O)(CCCC(F)(F)F)NCCCNC1CC1. The molecule has 0 aliphatic heterocycles. The Morgan fingerprint density at radius 2 is 1.78 bits per heavy atom. The Hall–Kier alpha value is -0.340. The summed E-state index contributed by atoms with van der Waals surface area (Å²) in [6, 6.07) is 0.577. The molecule has 1 saturated carbocycles. The summed E-state index contributed by atoms with van der Waals surface area (Å²) < 4.78 is 60.5.